The van der Waals surface area contributed by atoms with Crippen LogP contribution in [0.3, 0.4) is 0 Å². The average Bonchev–Trinajstić information content (AvgIpc) is 2.60. The highest BCUT2D eigenvalue weighted by molar-refractivity contribution is 7.98. The van der Waals surface area contributed by atoms with Crippen molar-refractivity contribution in [3.05, 3.63) is 48.3 Å². The van der Waals surface area contributed by atoms with E-state index in [0.29, 0.717) is 12.5 Å². The van der Waals surface area contributed by atoms with Gasteiger partial charge in [-0.05, 0) is 17.9 Å². The molecule has 5 nitrogen and oxygen atoms in total. The van der Waals surface area contributed by atoms with Crippen LogP contribution in [-0.2, 0) is 10.5 Å². The fraction of sp³-hybridized carbons (Fsp3) is 0.389. The number of carboxylic acids is 1. The Bertz CT molecular complexity index is 696. The van der Waals surface area contributed by atoms with Crippen molar-refractivity contribution in [2.45, 2.75) is 24.1 Å². The lowest BCUT2D eigenvalue weighted by molar-refractivity contribution is -0.142. The first-order valence-corrected chi connectivity index (χ1v) is 9.07. The van der Waals surface area contributed by atoms with E-state index >= 15 is 0 Å². The molecule has 1 aliphatic rings. The van der Waals surface area contributed by atoms with E-state index in [0.717, 1.165) is 29.6 Å². The number of benzene rings is 1. The van der Waals surface area contributed by atoms with E-state index < -0.39 is 5.97 Å². The van der Waals surface area contributed by atoms with E-state index in [9.17, 15) is 9.90 Å². The van der Waals surface area contributed by atoms with Gasteiger partial charge in [0.1, 0.15) is 10.8 Å². The fourth-order valence-corrected chi connectivity index (χ4v) is 3.81. The molecule has 1 fully saturated rings. The molecule has 126 valence electrons. The minimum absolute atomic E-state index is 0.335. The predicted octanol–water partition coefficient (Wildman–Crippen LogP) is 3.32. The Morgan fingerprint density at radius 2 is 2.08 bits per heavy atom. The van der Waals surface area contributed by atoms with Crippen LogP contribution in [0.5, 0.6) is 0 Å². The van der Waals surface area contributed by atoms with Gasteiger partial charge >= 0.3 is 5.97 Å². The van der Waals surface area contributed by atoms with Gasteiger partial charge in [0.25, 0.3) is 0 Å². The Morgan fingerprint density at radius 3 is 2.83 bits per heavy atom. The average molecular weight is 343 g/mol. The summed E-state index contributed by atoms with van der Waals surface area (Å²) in [4.78, 5) is 22.4. The molecule has 1 N–H and O–H groups in total. The van der Waals surface area contributed by atoms with E-state index in [1.165, 1.54) is 5.56 Å². The van der Waals surface area contributed by atoms with Gasteiger partial charge in [0.2, 0.25) is 0 Å². The summed E-state index contributed by atoms with van der Waals surface area (Å²) in [6.45, 7) is 3.41. The molecule has 1 saturated heterocycles. The molecule has 0 spiro atoms. The Hall–Kier alpha value is -2.08. The minimum Gasteiger partial charge on any atom is -0.481 e. The van der Waals surface area contributed by atoms with E-state index in [4.69, 9.17) is 0 Å². The first-order valence-electron chi connectivity index (χ1n) is 8.08. The number of carboxylic acid groups (broad SMARTS) is 1. The second-order valence-corrected chi connectivity index (χ2v) is 7.27. The fourth-order valence-electron chi connectivity index (χ4n) is 3.01. The third-order valence-corrected chi connectivity index (χ3v) is 5.13. The monoisotopic (exact) mass is 343 g/mol. The number of aliphatic carboxylic acids is 1. The lowest BCUT2D eigenvalue weighted by Gasteiger charge is -2.35. The molecule has 6 heteroatoms. The number of nitrogens with zero attached hydrogens (tertiary/aromatic N) is 3. The molecule has 1 aromatic carbocycles. The van der Waals surface area contributed by atoms with Gasteiger partial charge in [-0.25, -0.2) is 4.98 Å². The molecule has 0 amide bonds. The molecule has 0 aliphatic carbocycles. The van der Waals surface area contributed by atoms with Crippen molar-refractivity contribution < 1.29 is 9.90 Å². The highest BCUT2D eigenvalue weighted by atomic mass is 32.2. The molecule has 0 bridgehead atoms. The maximum Gasteiger partial charge on any atom is 0.308 e. The van der Waals surface area contributed by atoms with Crippen LogP contribution < -0.4 is 4.90 Å². The van der Waals surface area contributed by atoms with E-state index in [1.807, 2.05) is 23.1 Å². The molecule has 0 saturated carbocycles. The number of thioether (sulfide) groups is 1. The SMILES string of the molecule is CC1CC(C(=O)O)CN(c2cncc(SCc3ccccc3)n2)C1. The number of carbonyl (C=O) groups is 1. The lowest BCUT2D eigenvalue weighted by atomic mass is 9.90. The zero-order valence-corrected chi connectivity index (χ0v) is 14.4. The Balaban J connectivity index is 1.69. The Labute approximate surface area is 146 Å². The zero-order chi connectivity index (χ0) is 16.9. The van der Waals surface area contributed by atoms with Gasteiger partial charge < -0.3 is 10.0 Å². The van der Waals surface area contributed by atoms with Crippen molar-refractivity contribution in [2.75, 3.05) is 18.0 Å². The van der Waals surface area contributed by atoms with Crippen LogP contribution in [0, 0.1) is 11.8 Å². The molecule has 1 aliphatic heterocycles. The molecule has 3 rings (SSSR count). The van der Waals surface area contributed by atoms with Crippen LogP contribution in [0.2, 0.25) is 0 Å². The molecule has 2 aromatic rings. The zero-order valence-electron chi connectivity index (χ0n) is 13.6. The van der Waals surface area contributed by atoms with Crippen LogP contribution in [0.1, 0.15) is 18.9 Å². The molecular weight excluding hydrogens is 322 g/mol. The van der Waals surface area contributed by atoms with Crippen molar-refractivity contribution in [3.63, 3.8) is 0 Å². The second-order valence-electron chi connectivity index (χ2n) is 6.27. The first kappa shape index (κ1) is 16.8. The number of rotatable bonds is 5. The van der Waals surface area contributed by atoms with Gasteiger partial charge in [-0.15, -0.1) is 11.8 Å². The third kappa shape index (κ3) is 4.26. The Kier molecular flexibility index (Phi) is 5.35. The predicted molar refractivity (Wildman–Crippen MR) is 95.2 cm³/mol. The maximum absolute atomic E-state index is 11.3. The normalized spacial score (nSPS) is 20.8. The number of hydrogen-bond acceptors (Lipinski definition) is 5. The van der Waals surface area contributed by atoms with Gasteiger partial charge in [0, 0.05) is 18.8 Å². The van der Waals surface area contributed by atoms with Crippen LogP contribution >= 0.6 is 11.8 Å². The molecule has 2 atom stereocenters. The number of piperidine rings is 1. The van der Waals surface area contributed by atoms with Crippen LogP contribution in [0.4, 0.5) is 5.82 Å². The smallest absolute Gasteiger partial charge is 0.308 e. The van der Waals surface area contributed by atoms with Crippen molar-refractivity contribution >= 4 is 23.5 Å². The quantitative estimate of drug-likeness (QED) is 0.840. The molecule has 0 radical (unpaired) electrons. The highest BCUT2D eigenvalue weighted by Gasteiger charge is 2.30. The van der Waals surface area contributed by atoms with E-state index in [-0.39, 0.29) is 5.92 Å². The van der Waals surface area contributed by atoms with Crippen molar-refractivity contribution in [1.82, 2.24) is 9.97 Å². The van der Waals surface area contributed by atoms with E-state index in [2.05, 4.69) is 29.0 Å². The van der Waals surface area contributed by atoms with Crippen LogP contribution in [-0.4, -0.2) is 34.1 Å². The summed E-state index contributed by atoms with van der Waals surface area (Å²) >= 11 is 1.64. The standard InChI is InChI=1S/C18H21N3O2S/c1-13-7-15(18(22)23)11-21(10-13)16-8-19-9-17(20-16)24-12-14-5-3-2-4-6-14/h2-6,8-9,13,15H,7,10-12H2,1H3,(H,22,23). The summed E-state index contributed by atoms with van der Waals surface area (Å²) < 4.78 is 0. The van der Waals surface area contributed by atoms with Gasteiger partial charge in [-0.2, -0.15) is 0 Å². The number of aromatic nitrogens is 2. The summed E-state index contributed by atoms with van der Waals surface area (Å²) in [5, 5.41) is 10.2. The van der Waals surface area contributed by atoms with Gasteiger partial charge in [-0.3, -0.25) is 9.78 Å². The Morgan fingerprint density at radius 1 is 1.29 bits per heavy atom. The van der Waals surface area contributed by atoms with Crippen molar-refractivity contribution in [3.8, 4) is 0 Å². The maximum atomic E-state index is 11.3. The number of anilines is 1. The minimum atomic E-state index is -0.728. The summed E-state index contributed by atoms with van der Waals surface area (Å²) in [5.74, 6) is 0.881. The highest BCUT2D eigenvalue weighted by Crippen LogP contribution is 2.27. The molecule has 2 heterocycles. The van der Waals surface area contributed by atoms with Gasteiger partial charge in [0.15, 0.2) is 0 Å². The first-order chi connectivity index (χ1) is 11.6. The van der Waals surface area contributed by atoms with Crippen molar-refractivity contribution in [1.29, 1.82) is 0 Å². The number of hydrogen-bond donors (Lipinski definition) is 1. The third-order valence-electron chi connectivity index (χ3n) is 4.16. The second kappa shape index (κ2) is 7.66. The summed E-state index contributed by atoms with van der Waals surface area (Å²) in [6, 6.07) is 10.2. The largest absolute Gasteiger partial charge is 0.481 e. The molecule has 2 unspecified atom stereocenters. The summed E-state index contributed by atoms with van der Waals surface area (Å²) in [6.07, 6.45) is 4.21. The van der Waals surface area contributed by atoms with Crippen LogP contribution in [0.25, 0.3) is 0 Å². The van der Waals surface area contributed by atoms with E-state index in [1.54, 1.807) is 24.2 Å². The van der Waals surface area contributed by atoms with Gasteiger partial charge in [0.05, 0.1) is 18.3 Å². The lowest BCUT2D eigenvalue weighted by Crippen LogP contribution is -2.43. The van der Waals surface area contributed by atoms with Crippen molar-refractivity contribution in [2.24, 2.45) is 11.8 Å². The summed E-state index contributed by atoms with van der Waals surface area (Å²) in [5.41, 5.74) is 1.24. The molecule has 24 heavy (non-hydrogen) atoms. The topological polar surface area (TPSA) is 66.3 Å². The molecule has 1 aromatic heterocycles. The van der Waals surface area contributed by atoms with Crippen LogP contribution in [0.15, 0.2) is 47.8 Å². The summed E-state index contributed by atoms with van der Waals surface area (Å²) in [7, 11) is 0. The molecular formula is C18H21N3O2S. The van der Waals surface area contributed by atoms with Gasteiger partial charge in [-0.1, -0.05) is 37.3 Å².